The van der Waals surface area contributed by atoms with Crippen molar-refractivity contribution in [2.75, 3.05) is 0 Å². The van der Waals surface area contributed by atoms with Gasteiger partial charge in [0, 0.05) is 12.5 Å². The Morgan fingerprint density at radius 1 is 1.42 bits per heavy atom. The molecule has 0 saturated carbocycles. The van der Waals surface area contributed by atoms with Gasteiger partial charge in [0.15, 0.2) is 0 Å². The van der Waals surface area contributed by atoms with E-state index in [0.29, 0.717) is 0 Å². The van der Waals surface area contributed by atoms with Crippen LogP contribution in [0.5, 0.6) is 0 Å². The van der Waals surface area contributed by atoms with Crippen LogP contribution >= 0.6 is 38.5 Å². The van der Waals surface area contributed by atoms with Crippen LogP contribution in [-0.4, -0.2) is 9.78 Å². The minimum absolute atomic E-state index is 0.143. The molecule has 68 valence electrons. The zero-order valence-electron chi connectivity index (χ0n) is 7.65. The molecule has 0 radical (unpaired) electrons. The van der Waals surface area contributed by atoms with E-state index in [1.807, 2.05) is 11.7 Å². The Kier molecular flexibility index (Phi) is 2.88. The van der Waals surface area contributed by atoms with Crippen LogP contribution in [0.4, 0.5) is 0 Å². The standard InChI is InChI=1S/C8H12BrIN2/c1-8(2,3)6-5(9)7(10)11-12(6)4/h1-4H3. The van der Waals surface area contributed by atoms with E-state index in [0.717, 1.165) is 8.17 Å². The number of hydrogen-bond acceptors (Lipinski definition) is 1. The van der Waals surface area contributed by atoms with E-state index in [-0.39, 0.29) is 5.41 Å². The molecule has 1 heterocycles. The molecule has 0 aromatic carbocycles. The smallest absolute Gasteiger partial charge is 0.137 e. The van der Waals surface area contributed by atoms with E-state index < -0.39 is 0 Å². The van der Waals surface area contributed by atoms with Gasteiger partial charge in [-0.3, -0.25) is 4.68 Å². The van der Waals surface area contributed by atoms with E-state index in [2.05, 4.69) is 64.4 Å². The van der Waals surface area contributed by atoms with Crippen molar-refractivity contribution < 1.29 is 0 Å². The number of halogens is 2. The minimum atomic E-state index is 0.143. The van der Waals surface area contributed by atoms with E-state index in [1.165, 1.54) is 5.69 Å². The molecule has 12 heavy (non-hydrogen) atoms. The fourth-order valence-electron chi connectivity index (χ4n) is 1.28. The molecule has 1 aromatic rings. The van der Waals surface area contributed by atoms with E-state index in [4.69, 9.17) is 0 Å². The molecule has 0 unspecified atom stereocenters. The second-order valence-electron chi connectivity index (χ2n) is 3.83. The van der Waals surface area contributed by atoms with Gasteiger partial charge in [-0.05, 0) is 38.5 Å². The molecular formula is C8H12BrIN2. The molecular weight excluding hydrogens is 331 g/mol. The fourth-order valence-corrected chi connectivity index (χ4v) is 2.79. The first kappa shape index (κ1) is 10.5. The summed E-state index contributed by atoms with van der Waals surface area (Å²) in [6, 6.07) is 0. The van der Waals surface area contributed by atoms with E-state index in [9.17, 15) is 0 Å². The van der Waals surface area contributed by atoms with Gasteiger partial charge in [0.2, 0.25) is 0 Å². The summed E-state index contributed by atoms with van der Waals surface area (Å²) in [4.78, 5) is 0. The third kappa shape index (κ3) is 1.84. The van der Waals surface area contributed by atoms with Gasteiger partial charge >= 0.3 is 0 Å². The van der Waals surface area contributed by atoms with Crippen molar-refractivity contribution in [3.63, 3.8) is 0 Å². The Labute approximate surface area is 95.0 Å². The maximum absolute atomic E-state index is 4.33. The molecule has 0 aliphatic carbocycles. The van der Waals surface area contributed by atoms with Crippen molar-refractivity contribution in [2.24, 2.45) is 7.05 Å². The normalized spacial score (nSPS) is 12.2. The molecule has 0 N–H and O–H groups in total. The van der Waals surface area contributed by atoms with Crippen molar-refractivity contribution in [2.45, 2.75) is 26.2 Å². The number of hydrogen-bond donors (Lipinski definition) is 0. The third-order valence-electron chi connectivity index (χ3n) is 1.66. The highest BCUT2D eigenvalue weighted by Gasteiger charge is 2.23. The molecule has 0 amide bonds. The molecule has 1 rings (SSSR count). The van der Waals surface area contributed by atoms with Crippen LogP contribution in [0.1, 0.15) is 26.5 Å². The second-order valence-corrected chi connectivity index (χ2v) is 5.64. The average Bonchev–Trinajstić information content (AvgIpc) is 2.05. The first-order valence-electron chi connectivity index (χ1n) is 3.72. The molecule has 2 nitrogen and oxygen atoms in total. The number of aryl methyl sites for hydroxylation is 1. The van der Waals surface area contributed by atoms with Gasteiger partial charge in [0.05, 0.1) is 10.2 Å². The van der Waals surface area contributed by atoms with E-state index >= 15 is 0 Å². The molecule has 0 atom stereocenters. The zero-order valence-corrected chi connectivity index (χ0v) is 11.4. The predicted molar refractivity (Wildman–Crippen MR) is 62.3 cm³/mol. The van der Waals surface area contributed by atoms with Crippen molar-refractivity contribution in [3.8, 4) is 0 Å². The Hall–Kier alpha value is 0.420. The van der Waals surface area contributed by atoms with Crippen LogP contribution in [0.3, 0.4) is 0 Å². The topological polar surface area (TPSA) is 17.8 Å². The summed E-state index contributed by atoms with van der Waals surface area (Å²) in [5.41, 5.74) is 1.39. The first-order valence-corrected chi connectivity index (χ1v) is 5.59. The lowest BCUT2D eigenvalue weighted by Crippen LogP contribution is -2.16. The van der Waals surface area contributed by atoms with Gasteiger partial charge in [0.1, 0.15) is 3.70 Å². The fraction of sp³-hybridized carbons (Fsp3) is 0.625. The lowest BCUT2D eigenvalue weighted by atomic mass is 9.92. The number of rotatable bonds is 0. The van der Waals surface area contributed by atoms with Gasteiger partial charge < -0.3 is 0 Å². The summed E-state index contributed by atoms with van der Waals surface area (Å²) in [6.45, 7) is 6.56. The van der Waals surface area contributed by atoms with Gasteiger partial charge in [-0.2, -0.15) is 5.10 Å². The van der Waals surface area contributed by atoms with Crippen LogP contribution in [0, 0.1) is 3.70 Å². The van der Waals surface area contributed by atoms with Gasteiger partial charge in [0.25, 0.3) is 0 Å². The highest BCUT2D eigenvalue weighted by Crippen LogP contribution is 2.31. The maximum atomic E-state index is 4.33. The third-order valence-corrected chi connectivity index (χ3v) is 3.91. The molecule has 0 aliphatic rings. The molecule has 0 fully saturated rings. The summed E-state index contributed by atoms with van der Waals surface area (Å²) in [5.74, 6) is 0. The van der Waals surface area contributed by atoms with E-state index in [1.54, 1.807) is 0 Å². The zero-order chi connectivity index (χ0) is 9.52. The largest absolute Gasteiger partial charge is 0.270 e. The highest BCUT2D eigenvalue weighted by atomic mass is 127. The lowest BCUT2D eigenvalue weighted by Gasteiger charge is -2.19. The Morgan fingerprint density at radius 3 is 2.08 bits per heavy atom. The summed E-state index contributed by atoms with van der Waals surface area (Å²) >= 11 is 5.78. The monoisotopic (exact) mass is 342 g/mol. The van der Waals surface area contributed by atoms with Crippen LogP contribution in [0.15, 0.2) is 4.47 Å². The van der Waals surface area contributed by atoms with Crippen molar-refractivity contribution in [1.82, 2.24) is 9.78 Å². The predicted octanol–water partition coefficient (Wildman–Crippen LogP) is 3.08. The molecule has 0 aliphatic heterocycles. The average molecular weight is 343 g/mol. The second kappa shape index (κ2) is 3.29. The SMILES string of the molecule is Cn1nc(I)c(Br)c1C(C)(C)C. The van der Waals surface area contributed by atoms with Crippen LogP contribution < -0.4 is 0 Å². The van der Waals surface area contributed by atoms with Gasteiger partial charge in [-0.25, -0.2) is 0 Å². The highest BCUT2D eigenvalue weighted by molar-refractivity contribution is 14.1. The quantitative estimate of drug-likeness (QED) is 0.662. The number of nitrogens with zero attached hydrogens (tertiary/aromatic N) is 2. The summed E-state index contributed by atoms with van der Waals surface area (Å²) in [6.07, 6.45) is 0. The summed E-state index contributed by atoms with van der Waals surface area (Å²) in [7, 11) is 1.98. The molecule has 1 aromatic heterocycles. The Bertz CT molecular complexity index is 299. The Balaban J connectivity index is 3.32. The van der Waals surface area contributed by atoms with Crippen molar-refractivity contribution in [1.29, 1.82) is 0 Å². The lowest BCUT2D eigenvalue weighted by molar-refractivity contribution is 0.520. The molecule has 0 bridgehead atoms. The summed E-state index contributed by atoms with van der Waals surface area (Å²) in [5, 5.41) is 4.33. The van der Waals surface area contributed by atoms with Crippen LogP contribution in [0.25, 0.3) is 0 Å². The maximum Gasteiger partial charge on any atom is 0.137 e. The Morgan fingerprint density at radius 2 is 1.92 bits per heavy atom. The molecule has 0 saturated heterocycles. The van der Waals surface area contributed by atoms with Gasteiger partial charge in [-0.15, -0.1) is 0 Å². The van der Waals surface area contributed by atoms with Gasteiger partial charge in [-0.1, -0.05) is 20.8 Å². The number of aromatic nitrogens is 2. The minimum Gasteiger partial charge on any atom is -0.270 e. The molecule has 0 spiro atoms. The van der Waals surface area contributed by atoms with Crippen molar-refractivity contribution in [3.05, 3.63) is 13.9 Å². The van der Waals surface area contributed by atoms with Crippen LogP contribution in [-0.2, 0) is 12.5 Å². The van der Waals surface area contributed by atoms with Crippen LogP contribution in [0.2, 0.25) is 0 Å². The summed E-state index contributed by atoms with van der Waals surface area (Å²) < 4.78 is 4.09. The van der Waals surface area contributed by atoms with Crippen molar-refractivity contribution >= 4 is 38.5 Å². The molecule has 4 heteroatoms. The first-order chi connectivity index (χ1) is 5.34.